The first-order valence-electron chi connectivity index (χ1n) is 3.84. The van der Waals surface area contributed by atoms with Crippen molar-refractivity contribution in [1.29, 1.82) is 0 Å². The number of nitrogen functional groups attached to an aromatic ring is 1. The summed E-state index contributed by atoms with van der Waals surface area (Å²) in [4.78, 5) is 0. The molecule has 1 aromatic heterocycles. The maximum absolute atomic E-state index is 5.39. The zero-order valence-corrected chi connectivity index (χ0v) is 6.99. The van der Waals surface area contributed by atoms with Gasteiger partial charge in [-0.05, 0) is 12.3 Å². The molecule has 4 heteroatoms. The first-order valence-corrected chi connectivity index (χ1v) is 3.84. The normalized spacial score (nSPS) is 10.8. The molecule has 0 saturated heterocycles. The molecule has 4 nitrogen and oxygen atoms in total. The van der Waals surface area contributed by atoms with Gasteiger partial charge in [0.05, 0.1) is 6.20 Å². The molecular formula is C7H14N4. The van der Waals surface area contributed by atoms with E-state index in [4.69, 9.17) is 5.73 Å². The molecule has 0 atom stereocenters. The summed E-state index contributed by atoms with van der Waals surface area (Å²) in [6, 6.07) is 0. The molecule has 62 valence electrons. The monoisotopic (exact) mass is 154 g/mol. The van der Waals surface area contributed by atoms with E-state index in [0.717, 1.165) is 13.0 Å². The van der Waals surface area contributed by atoms with Crippen LogP contribution >= 0.6 is 0 Å². The lowest BCUT2D eigenvalue weighted by atomic mass is 10.1. The van der Waals surface area contributed by atoms with Crippen molar-refractivity contribution in [2.24, 2.45) is 5.92 Å². The molecule has 0 aromatic carbocycles. The van der Waals surface area contributed by atoms with Gasteiger partial charge in [-0.25, -0.2) is 0 Å². The van der Waals surface area contributed by atoms with Crippen molar-refractivity contribution in [1.82, 2.24) is 15.0 Å². The highest BCUT2D eigenvalue weighted by Gasteiger charge is 1.97. The minimum atomic E-state index is 0.494. The van der Waals surface area contributed by atoms with Crippen LogP contribution in [0.5, 0.6) is 0 Å². The van der Waals surface area contributed by atoms with Crippen LogP contribution in [0.2, 0.25) is 0 Å². The van der Waals surface area contributed by atoms with Gasteiger partial charge in [0.15, 0.2) is 5.82 Å². The van der Waals surface area contributed by atoms with E-state index in [0.29, 0.717) is 11.7 Å². The summed E-state index contributed by atoms with van der Waals surface area (Å²) in [7, 11) is 0. The summed E-state index contributed by atoms with van der Waals surface area (Å²) in [6.45, 7) is 5.27. The number of aryl methyl sites for hydroxylation is 1. The number of anilines is 1. The molecule has 0 fully saturated rings. The van der Waals surface area contributed by atoms with Gasteiger partial charge in [-0.3, -0.25) is 4.68 Å². The maximum Gasteiger partial charge on any atom is 0.165 e. The van der Waals surface area contributed by atoms with Crippen molar-refractivity contribution in [3.8, 4) is 0 Å². The third-order valence-corrected chi connectivity index (χ3v) is 1.49. The smallest absolute Gasteiger partial charge is 0.165 e. The topological polar surface area (TPSA) is 56.7 Å². The van der Waals surface area contributed by atoms with E-state index >= 15 is 0 Å². The van der Waals surface area contributed by atoms with Crippen molar-refractivity contribution in [2.75, 3.05) is 5.73 Å². The van der Waals surface area contributed by atoms with Gasteiger partial charge in [-0.2, -0.15) is 0 Å². The number of nitrogens with two attached hydrogens (primary N) is 1. The van der Waals surface area contributed by atoms with Crippen molar-refractivity contribution in [2.45, 2.75) is 26.8 Å². The lowest BCUT2D eigenvalue weighted by Gasteiger charge is -2.02. The fraction of sp³-hybridized carbons (Fsp3) is 0.714. The van der Waals surface area contributed by atoms with Gasteiger partial charge in [0.2, 0.25) is 0 Å². The Hall–Kier alpha value is -1.06. The Labute approximate surface area is 66.4 Å². The molecule has 0 spiro atoms. The van der Waals surface area contributed by atoms with Gasteiger partial charge in [-0.1, -0.05) is 19.1 Å². The molecule has 0 unspecified atom stereocenters. The third kappa shape index (κ3) is 2.57. The van der Waals surface area contributed by atoms with Gasteiger partial charge in [-0.15, -0.1) is 5.10 Å². The maximum atomic E-state index is 5.39. The second-order valence-corrected chi connectivity index (χ2v) is 3.09. The predicted molar refractivity (Wildman–Crippen MR) is 43.9 cm³/mol. The minimum absolute atomic E-state index is 0.494. The van der Waals surface area contributed by atoms with E-state index < -0.39 is 0 Å². The highest BCUT2D eigenvalue weighted by Crippen LogP contribution is 2.02. The van der Waals surface area contributed by atoms with Crippen LogP contribution in [-0.4, -0.2) is 15.0 Å². The van der Waals surface area contributed by atoms with Crippen LogP contribution in [0.15, 0.2) is 6.20 Å². The summed E-state index contributed by atoms with van der Waals surface area (Å²) >= 11 is 0. The Kier molecular flexibility index (Phi) is 2.46. The highest BCUT2D eigenvalue weighted by atomic mass is 15.4. The predicted octanol–water partition coefficient (Wildman–Crippen LogP) is 0.906. The van der Waals surface area contributed by atoms with Crippen LogP contribution < -0.4 is 5.73 Å². The molecule has 0 aliphatic rings. The summed E-state index contributed by atoms with van der Waals surface area (Å²) < 4.78 is 1.77. The van der Waals surface area contributed by atoms with Crippen molar-refractivity contribution >= 4 is 5.82 Å². The Morgan fingerprint density at radius 3 is 2.82 bits per heavy atom. The van der Waals surface area contributed by atoms with E-state index in [1.807, 2.05) is 0 Å². The van der Waals surface area contributed by atoms with E-state index in [1.54, 1.807) is 10.9 Å². The third-order valence-electron chi connectivity index (χ3n) is 1.49. The summed E-state index contributed by atoms with van der Waals surface area (Å²) in [5.41, 5.74) is 5.39. The van der Waals surface area contributed by atoms with Crippen molar-refractivity contribution < 1.29 is 0 Å². The summed E-state index contributed by atoms with van der Waals surface area (Å²) in [5, 5.41) is 7.51. The van der Waals surface area contributed by atoms with E-state index in [2.05, 4.69) is 24.2 Å². The lowest BCUT2D eigenvalue weighted by molar-refractivity contribution is 0.478. The van der Waals surface area contributed by atoms with Gasteiger partial charge in [0.1, 0.15) is 0 Å². The number of aromatic nitrogens is 3. The van der Waals surface area contributed by atoms with E-state index in [1.165, 1.54) is 0 Å². The molecule has 0 saturated carbocycles. The first kappa shape index (κ1) is 8.04. The number of rotatable bonds is 3. The number of nitrogens with zero attached hydrogens (tertiary/aromatic N) is 3. The minimum Gasteiger partial charge on any atom is -0.381 e. The molecule has 0 aliphatic heterocycles. The fourth-order valence-corrected chi connectivity index (χ4v) is 0.813. The van der Waals surface area contributed by atoms with Crippen LogP contribution in [0.3, 0.4) is 0 Å². The largest absolute Gasteiger partial charge is 0.381 e. The molecule has 11 heavy (non-hydrogen) atoms. The summed E-state index contributed by atoms with van der Waals surface area (Å²) in [5.74, 6) is 1.19. The molecule has 0 bridgehead atoms. The van der Waals surface area contributed by atoms with Gasteiger partial charge < -0.3 is 5.73 Å². The van der Waals surface area contributed by atoms with Gasteiger partial charge >= 0.3 is 0 Å². The molecule has 1 aromatic rings. The van der Waals surface area contributed by atoms with Crippen LogP contribution in [0.4, 0.5) is 5.82 Å². The Morgan fingerprint density at radius 1 is 1.64 bits per heavy atom. The summed E-state index contributed by atoms with van der Waals surface area (Å²) in [6.07, 6.45) is 2.87. The van der Waals surface area contributed by atoms with Gasteiger partial charge in [0.25, 0.3) is 0 Å². The molecule has 0 aliphatic carbocycles. The van der Waals surface area contributed by atoms with Crippen LogP contribution in [0.25, 0.3) is 0 Å². The zero-order chi connectivity index (χ0) is 8.27. The second-order valence-electron chi connectivity index (χ2n) is 3.09. The Morgan fingerprint density at radius 2 is 2.36 bits per heavy atom. The van der Waals surface area contributed by atoms with E-state index in [-0.39, 0.29) is 0 Å². The van der Waals surface area contributed by atoms with Gasteiger partial charge in [0, 0.05) is 6.54 Å². The van der Waals surface area contributed by atoms with E-state index in [9.17, 15) is 0 Å². The van der Waals surface area contributed by atoms with Crippen LogP contribution in [0, 0.1) is 5.92 Å². The van der Waals surface area contributed by atoms with Crippen LogP contribution in [0.1, 0.15) is 20.3 Å². The standard InChI is InChI=1S/C7H14N4/c1-6(2)3-4-11-5-7(8)9-10-11/h5-6H,3-4,8H2,1-2H3. The Bertz CT molecular complexity index is 216. The fourth-order valence-electron chi connectivity index (χ4n) is 0.813. The van der Waals surface area contributed by atoms with Crippen molar-refractivity contribution in [3.05, 3.63) is 6.20 Å². The number of hydrogen-bond acceptors (Lipinski definition) is 3. The quantitative estimate of drug-likeness (QED) is 0.704. The SMILES string of the molecule is CC(C)CCn1cc(N)nn1. The molecule has 1 heterocycles. The average Bonchev–Trinajstić information content (AvgIpc) is 2.31. The zero-order valence-electron chi connectivity index (χ0n) is 6.99. The van der Waals surface area contributed by atoms with Crippen LogP contribution in [-0.2, 0) is 6.54 Å². The lowest BCUT2D eigenvalue weighted by Crippen LogP contribution is -2.01. The molecule has 1 rings (SSSR count). The number of hydrogen-bond donors (Lipinski definition) is 1. The Balaban J connectivity index is 2.39. The van der Waals surface area contributed by atoms with Crippen molar-refractivity contribution in [3.63, 3.8) is 0 Å². The molecule has 2 N–H and O–H groups in total. The molecule has 0 radical (unpaired) electrons. The molecule has 0 amide bonds. The molecular weight excluding hydrogens is 140 g/mol. The average molecular weight is 154 g/mol. The second kappa shape index (κ2) is 3.37. The first-order chi connectivity index (χ1) is 5.18. The highest BCUT2D eigenvalue weighted by molar-refractivity contribution is 5.19.